The van der Waals surface area contributed by atoms with Gasteiger partial charge in [-0.05, 0) is 100 Å². The summed E-state index contributed by atoms with van der Waals surface area (Å²) in [7, 11) is 1.52. The van der Waals surface area contributed by atoms with E-state index in [-0.39, 0.29) is 30.2 Å². The number of methoxy groups -OCH3 is 1. The fraction of sp³-hybridized carbons (Fsp3) is 0.432. The average molecular weight is 812 g/mol. The lowest BCUT2D eigenvalue weighted by atomic mass is 9.57. The van der Waals surface area contributed by atoms with Crippen molar-refractivity contribution in [2.24, 2.45) is 5.41 Å². The van der Waals surface area contributed by atoms with Crippen molar-refractivity contribution in [2.45, 2.75) is 77.0 Å². The molecule has 12 nitrogen and oxygen atoms in total. The van der Waals surface area contributed by atoms with Gasteiger partial charge in [0.15, 0.2) is 17.4 Å². The summed E-state index contributed by atoms with van der Waals surface area (Å²) in [5, 5.41) is 8.86. The van der Waals surface area contributed by atoms with Crippen LogP contribution in [0.4, 0.5) is 23.9 Å². The molecule has 0 spiro atoms. The van der Waals surface area contributed by atoms with Gasteiger partial charge in [-0.1, -0.05) is 24.3 Å². The molecule has 1 saturated heterocycles. The van der Waals surface area contributed by atoms with Gasteiger partial charge in [-0.15, -0.1) is 0 Å². The molecule has 3 aliphatic carbocycles. The highest BCUT2D eigenvalue weighted by atomic mass is 19.2. The summed E-state index contributed by atoms with van der Waals surface area (Å²) in [5.74, 6) is -4.68. The van der Waals surface area contributed by atoms with Gasteiger partial charge in [0.05, 0.1) is 23.7 Å². The number of carbonyl (C=O) groups excluding carboxylic acids is 2. The standard InChI is InChI=1S/C44H48F3N7O5/c1-42(2,3)59-41(56)53-19-17-52(18-20-53)40-48-23-31(24-49-40)29-7-8-30-25-54(51-35(30)21-29)44-14-11-43(12-15-44,13-16-44)27-50-39(55)33-22-34(45)38(37(47)36(33)46)58-26-28-5-9-32(57-4)10-6-28/h5-10,21-25H,11-20,26-27H2,1-4H3,(H,50,55). The molecule has 59 heavy (non-hydrogen) atoms. The Morgan fingerprint density at radius 1 is 0.847 bits per heavy atom. The van der Waals surface area contributed by atoms with Gasteiger partial charge in [-0.2, -0.15) is 9.49 Å². The summed E-state index contributed by atoms with van der Waals surface area (Å²) in [4.78, 5) is 38.7. The molecule has 2 bridgehead atoms. The summed E-state index contributed by atoms with van der Waals surface area (Å²) in [5.41, 5.74) is 1.69. The second-order valence-electron chi connectivity index (χ2n) is 17.0. The molecule has 0 unspecified atom stereocenters. The number of nitrogens with one attached hydrogen (secondary N) is 1. The fourth-order valence-electron chi connectivity index (χ4n) is 8.46. The van der Waals surface area contributed by atoms with E-state index >= 15 is 8.78 Å². The van der Waals surface area contributed by atoms with Crippen molar-refractivity contribution in [1.29, 1.82) is 0 Å². The normalized spacial score (nSPS) is 20.5. The molecule has 4 fully saturated rings. The third-order valence-electron chi connectivity index (χ3n) is 12.1. The first-order valence-electron chi connectivity index (χ1n) is 20.0. The highest BCUT2D eigenvalue weighted by Crippen LogP contribution is 2.55. The number of anilines is 1. The smallest absolute Gasteiger partial charge is 0.410 e. The average Bonchev–Trinajstić information content (AvgIpc) is 3.69. The first-order valence-corrected chi connectivity index (χ1v) is 20.0. The Hall–Kier alpha value is -5.86. The van der Waals surface area contributed by atoms with Crippen LogP contribution in [0.25, 0.3) is 22.0 Å². The zero-order chi connectivity index (χ0) is 41.5. The summed E-state index contributed by atoms with van der Waals surface area (Å²) in [6.07, 6.45) is 10.4. The number of hydrogen-bond acceptors (Lipinski definition) is 9. The number of nitrogens with zero attached hydrogens (tertiary/aromatic N) is 6. The number of ether oxygens (including phenoxy) is 3. The Morgan fingerprint density at radius 3 is 2.17 bits per heavy atom. The van der Waals surface area contributed by atoms with Crippen LogP contribution >= 0.6 is 0 Å². The van der Waals surface area contributed by atoms with Crippen molar-refractivity contribution in [2.75, 3.05) is 44.7 Å². The lowest BCUT2D eigenvalue weighted by Gasteiger charge is -2.53. The van der Waals surface area contributed by atoms with E-state index in [0.29, 0.717) is 49.5 Å². The Bertz CT molecular complexity index is 2330. The molecule has 2 amide bonds. The third kappa shape index (κ3) is 8.24. The highest BCUT2D eigenvalue weighted by molar-refractivity contribution is 5.94. The minimum Gasteiger partial charge on any atom is -0.497 e. The molecule has 9 rings (SSSR count). The van der Waals surface area contributed by atoms with Crippen LogP contribution < -0.4 is 19.7 Å². The van der Waals surface area contributed by atoms with Crippen LogP contribution in [0.2, 0.25) is 0 Å². The van der Waals surface area contributed by atoms with E-state index in [2.05, 4.69) is 43.2 Å². The summed E-state index contributed by atoms with van der Waals surface area (Å²) in [6.45, 7) is 7.93. The van der Waals surface area contributed by atoms with E-state index in [1.54, 1.807) is 29.2 Å². The monoisotopic (exact) mass is 811 g/mol. The maximum atomic E-state index is 15.1. The molecule has 0 radical (unpaired) electrons. The van der Waals surface area contributed by atoms with Gasteiger partial charge < -0.3 is 29.3 Å². The first-order chi connectivity index (χ1) is 28.2. The predicted molar refractivity (Wildman–Crippen MR) is 215 cm³/mol. The number of rotatable bonds is 10. The topological polar surface area (TPSA) is 124 Å². The van der Waals surface area contributed by atoms with Crippen molar-refractivity contribution >= 4 is 28.9 Å². The fourth-order valence-corrected chi connectivity index (χ4v) is 8.46. The molecule has 310 valence electrons. The SMILES string of the molecule is COc1ccc(COc2c(F)cc(C(=O)NCC34CCC(n5cc6ccc(-c7cnc(N8CCN(C(=O)OC(C)(C)C)CC8)nc7)cc6n5)(CC3)CC4)c(F)c2F)cc1. The van der Waals surface area contributed by atoms with Gasteiger partial charge in [0.2, 0.25) is 11.8 Å². The Labute approximate surface area is 340 Å². The molecular weight excluding hydrogens is 764 g/mol. The number of amides is 2. The Morgan fingerprint density at radius 2 is 1.53 bits per heavy atom. The summed E-state index contributed by atoms with van der Waals surface area (Å²) >= 11 is 0. The van der Waals surface area contributed by atoms with E-state index in [4.69, 9.17) is 19.3 Å². The number of piperazine rings is 1. The molecule has 5 aromatic rings. The summed E-state index contributed by atoms with van der Waals surface area (Å²) in [6, 6.07) is 13.5. The van der Waals surface area contributed by atoms with Crippen LogP contribution in [0.3, 0.4) is 0 Å². The van der Waals surface area contributed by atoms with E-state index < -0.39 is 40.3 Å². The largest absolute Gasteiger partial charge is 0.497 e. The van der Waals surface area contributed by atoms with Crippen LogP contribution in [0.15, 0.2) is 67.1 Å². The number of carbonyl (C=O) groups is 2. The van der Waals surface area contributed by atoms with Crippen molar-refractivity contribution in [3.8, 4) is 22.6 Å². The number of benzene rings is 3. The minimum absolute atomic E-state index is 0.163. The quantitative estimate of drug-likeness (QED) is 0.140. The van der Waals surface area contributed by atoms with E-state index in [1.165, 1.54) is 7.11 Å². The Balaban J connectivity index is 0.862. The Kier molecular flexibility index (Phi) is 10.6. The second-order valence-corrected chi connectivity index (χ2v) is 17.0. The van der Waals surface area contributed by atoms with Crippen LogP contribution in [0.1, 0.15) is 75.2 Å². The molecule has 15 heteroatoms. The van der Waals surface area contributed by atoms with Gasteiger partial charge in [-0.25, -0.2) is 23.5 Å². The molecule has 3 aromatic carbocycles. The van der Waals surface area contributed by atoms with Gasteiger partial charge in [0.25, 0.3) is 5.91 Å². The number of halogens is 3. The van der Waals surface area contributed by atoms with Crippen molar-refractivity contribution in [1.82, 2.24) is 30.0 Å². The van der Waals surface area contributed by atoms with Crippen LogP contribution in [-0.4, -0.2) is 82.1 Å². The van der Waals surface area contributed by atoms with Gasteiger partial charge in [0, 0.05) is 62.3 Å². The molecule has 3 saturated carbocycles. The van der Waals surface area contributed by atoms with E-state index in [0.717, 1.165) is 60.6 Å². The van der Waals surface area contributed by atoms with Crippen LogP contribution in [0.5, 0.6) is 11.5 Å². The lowest BCUT2D eigenvalue weighted by Crippen LogP contribution is -2.51. The van der Waals surface area contributed by atoms with Crippen molar-refractivity contribution < 1.29 is 37.0 Å². The highest BCUT2D eigenvalue weighted by Gasteiger charge is 2.50. The number of aromatic nitrogens is 4. The lowest BCUT2D eigenvalue weighted by molar-refractivity contribution is -0.00564. The minimum atomic E-state index is -1.55. The number of hydrogen-bond donors (Lipinski definition) is 1. The predicted octanol–water partition coefficient (Wildman–Crippen LogP) is 8.03. The first kappa shape index (κ1) is 39.9. The molecular formula is C44H48F3N7O5. The van der Waals surface area contributed by atoms with Crippen molar-refractivity contribution in [3.63, 3.8) is 0 Å². The molecule has 1 N–H and O–H groups in total. The van der Waals surface area contributed by atoms with Crippen LogP contribution in [-0.2, 0) is 16.9 Å². The molecule has 3 heterocycles. The molecule has 4 aliphatic rings. The number of fused-ring (bicyclic) bond motifs is 4. The third-order valence-corrected chi connectivity index (χ3v) is 12.1. The maximum absolute atomic E-state index is 15.1. The van der Waals surface area contributed by atoms with Gasteiger partial charge in [0.1, 0.15) is 18.0 Å². The van der Waals surface area contributed by atoms with E-state index in [1.807, 2.05) is 39.2 Å². The second kappa shape index (κ2) is 15.7. The molecule has 1 aliphatic heterocycles. The van der Waals surface area contributed by atoms with Crippen LogP contribution in [0, 0.1) is 22.9 Å². The van der Waals surface area contributed by atoms with Crippen molar-refractivity contribution in [3.05, 3.63) is 95.7 Å². The zero-order valence-electron chi connectivity index (χ0n) is 33.7. The van der Waals surface area contributed by atoms with Gasteiger partial charge in [-0.3, -0.25) is 9.48 Å². The van der Waals surface area contributed by atoms with E-state index in [9.17, 15) is 14.0 Å². The molecule has 2 aromatic heterocycles. The molecule has 0 atom stereocenters. The maximum Gasteiger partial charge on any atom is 0.410 e. The van der Waals surface area contributed by atoms with Gasteiger partial charge >= 0.3 is 6.09 Å². The summed E-state index contributed by atoms with van der Waals surface area (Å²) < 4.78 is 63.1. The zero-order valence-corrected chi connectivity index (χ0v) is 33.7.